The second kappa shape index (κ2) is 9.19. The Labute approximate surface area is 163 Å². The van der Waals surface area contributed by atoms with Gasteiger partial charge in [0.2, 0.25) is 5.91 Å². The number of thiazole rings is 1. The Hall–Kier alpha value is -2.86. The number of anilines is 3. The number of carbonyl (C=O) groups is 1. The molecule has 3 aromatic rings. The van der Waals surface area contributed by atoms with Crippen LogP contribution >= 0.6 is 11.3 Å². The molecule has 0 saturated carbocycles. The fourth-order valence-corrected chi connectivity index (χ4v) is 3.30. The van der Waals surface area contributed by atoms with Crippen LogP contribution in [0.4, 0.5) is 16.5 Å². The van der Waals surface area contributed by atoms with E-state index in [4.69, 9.17) is 4.74 Å². The number of hydrogen-bond donors (Lipinski definition) is 2. The molecular formula is C21H23N3O2S. The molecule has 0 fully saturated rings. The molecule has 3 rings (SSSR count). The van der Waals surface area contributed by atoms with Crippen molar-refractivity contribution in [3.8, 4) is 17.0 Å². The minimum atomic E-state index is 0.0424. The Balaban J connectivity index is 1.63. The lowest BCUT2D eigenvalue weighted by Gasteiger charge is -2.06. The topological polar surface area (TPSA) is 63.2 Å². The first-order chi connectivity index (χ1) is 13.2. The van der Waals surface area contributed by atoms with Gasteiger partial charge in [-0.1, -0.05) is 19.1 Å². The summed E-state index contributed by atoms with van der Waals surface area (Å²) in [4.78, 5) is 16.3. The zero-order valence-electron chi connectivity index (χ0n) is 15.5. The standard InChI is InChI=1S/C21H23N3O2S/c1-3-5-20(25)22-16-8-6-15(7-9-16)19-14-27-21(24-19)23-17-10-12-18(13-11-17)26-4-2/h6-14H,3-5H2,1-2H3,(H,22,25)(H,23,24). The van der Waals surface area contributed by atoms with E-state index >= 15 is 0 Å². The molecule has 0 spiro atoms. The van der Waals surface area contributed by atoms with Gasteiger partial charge in [0.1, 0.15) is 5.75 Å². The molecule has 0 aliphatic carbocycles. The van der Waals surface area contributed by atoms with Gasteiger partial charge < -0.3 is 15.4 Å². The number of amides is 1. The van der Waals surface area contributed by atoms with Crippen LogP contribution in [0.3, 0.4) is 0 Å². The van der Waals surface area contributed by atoms with Gasteiger partial charge in [0, 0.05) is 28.7 Å². The first kappa shape index (κ1) is 18.9. The summed E-state index contributed by atoms with van der Waals surface area (Å²) in [5, 5.41) is 9.05. The van der Waals surface area contributed by atoms with Crippen LogP contribution < -0.4 is 15.4 Å². The van der Waals surface area contributed by atoms with Gasteiger partial charge in [-0.25, -0.2) is 4.98 Å². The third-order valence-corrected chi connectivity index (χ3v) is 4.62. The van der Waals surface area contributed by atoms with Crippen LogP contribution in [0, 0.1) is 0 Å². The summed E-state index contributed by atoms with van der Waals surface area (Å²) < 4.78 is 5.45. The summed E-state index contributed by atoms with van der Waals surface area (Å²) in [7, 11) is 0. The Bertz CT molecular complexity index is 873. The van der Waals surface area contributed by atoms with Crippen molar-refractivity contribution in [1.82, 2.24) is 4.98 Å². The average molecular weight is 382 g/mol. The molecule has 1 heterocycles. The summed E-state index contributed by atoms with van der Waals surface area (Å²) in [6, 6.07) is 15.6. The van der Waals surface area contributed by atoms with E-state index in [-0.39, 0.29) is 5.91 Å². The first-order valence-electron chi connectivity index (χ1n) is 9.03. The third-order valence-electron chi connectivity index (χ3n) is 3.86. The number of nitrogens with zero attached hydrogens (tertiary/aromatic N) is 1. The normalized spacial score (nSPS) is 10.4. The van der Waals surface area contributed by atoms with Crippen molar-refractivity contribution in [1.29, 1.82) is 0 Å². The molecule has 140 valence electrons. The fraction of sp³-hybridized carbons (Fsp3) is 0.238. The molecule has 5 nitrogen and oxygen atoms in total. The minimum Gasteiger partial charge on any atom is -0.494 e. The number of aromatic nitrogens is 1. The second-order valence-corrected chi connectivity index (χ2v) is 6.85. The highest BCUT2D eigenvalue weighted by Crippen LogP contribution is 2.28. The van der Waals surface area contributed by atoms with Gasteiger partial charge in [-0.15, -0.1) is 11.3 Å². The van der Waals surface area contributed by atoms with E-state index in [1.165, 1.54) is 0 Å². The maximum absolute atomic E-state index is 11.7. The Morgan fingerprint density at radius 2 is 1.74 bits per heavy atom. The number of benzene rings is 2. The Morgan fingerprint density at radius 3 is 2.41 bits per heavy atom. The summed E-state index contributed by atoms with van der Waals surface area (Å²) >= 11 is 1.55. The predicted molar refractivity (Wildman–Crippen MR) is 112 cm³/mol. The maximum atomic E-state index is 11.7. The van der Waals surface area contributed by atoms with Gasteiger partial charge in [-0.05, 0) is 49.7 Å². The van der Waals surface area contributed by atoms with Gasteiger partial charge in [0.15, 0.2) is 5.13 Å². The number of hydrogen-bond acceptors (Lipinski definition) is 5. The smallest absolute Gasteiger partial charge is 0.224 e. The molecule has 2 N–H and O–H groups in total. The molecule has 6 heteroatoms. The van der Waals surface area contributed by atoms with Crippen molar-refractivity contribution < 1.29 is 9.53 Å². The van der Waals surface area contributed by atoms with E-state index in [2.05, 4.69) is 15.6 Å². The zero-order valence-corrected chi connectivity index (χ0v) is 16.3. The fourth-order valence-electron chi connectivity index (χ4n) is 2.56. The molecule has 0 aliphatic heterocycles. The summed E-state index contributed by atoms with van der Waals surface area (Å²) in [6.45, 7) is 4.61. The quantitative estimate of drug-likeness (QED) is 0.526. The van der Waals surface area contributed by atoms with Crippen molar-refractivity contribution in [2.75, 3.05) is 17.2 Å². The predicted octanol–water partition coefficient (Wildman–Crippen LogP) is 5.69. The molecule has 2 aromatic carbocycles. The van der Waals surface area contributed by atoms with Crippen LogP contribution in [0.15, 0.2) is 53.9 Å². The van der Waals surface area contributed by atoms with Crippen LogP contribution in [-0.2, 0) is 4.79 Å². The van der Waals surface area contributed by atoms with Crippen LogP contribution in [0.1, 0.15) is 26.7 Å². The van der Waals surface area contributed by atoms with Gasteiger partial charge in [0.05, 0.1) is 12.3 Å². The van der Waals surface area contributed by atoms with Crippen molar-refractivity contribution in [2.24, 2.45) is 0 Å². The Kier molecular flexibility index (Phi) is 6.44. The molecular weight excluding hydrogens is 358 g/mol. The van der Waals surface area contributed by atoms with Crippen LogP contribution in [0.2, 0.25) is 0 Å². The number of ether oxygens (including phenoxy) is 1. The van der Waals surface area contributed by atoms with E-state index in [0.717, 1.165) is 39.9 Å². The van der Waals surface area contributed by atoms with E-state index in [9.17, 15) is 4.79 Å². The molecule has 0 saturated heterocycles. The lowest BCUT2D eigenvalue weighted by Crippen LogP contribution is -2.10. The van der Waals surface area contributed by atoms with E-state index in [1.807, 2.05) is 67.8 Å². The first-order valence-corrected chi connectivity index (χ1v) is 9.91. The van der Waals surface area contributed by atoms with Gasteiger partial charge in [0.25, 0.3) is 0 Å². The SMILES string of the molecule is CCCC(=O)Nc1ccc(-c2csc(Nc3ccc(OCC)cc3)n2)cc1. The molecule has 1 aromatic heterocycles. The summed E-state index contributed by atoms with van der Waals surface area (Å²) in [6.07, 6.45) is 1.38. The molecule has 0 bridgehead atoms. The largest absolute Gasteiger partial charge is 0.494 e. The van der Waals surface area contributed by atoms with Gasteiger partial charge in [-0.2, -0.15) is 0 Å². The van der Waals surface area contributed by atoms with Crippen LogP contribution in [0.25, 0.3) is 11.3 Å². The number of nitrogens with one attached hydrogen (secondary N) is 2. The second-order valence-electron chi connectivity index (χ2n) is 6.00. The zero-order chi connectivity index (χ0) is 19.1. The van der Waals surface area contributed by atoms with Crippen molar-refractivity contribution in [2.45, 2.75) is 26.7 Å². The Morgan fingerprint density at radius 1 is 1.04 bits per heavy atom. The summed E-state index contributed by atoms with van der Waals surface area (Å²) in [5.41, 5.74) is 3.69. The monoisotopic (exact) mass is 381 g/mol. The molecule has 0 atom stereocenters. The van der Waals surface area contributed by atoms with Crippen molar-refractivity contribution in [3.63, 3.8) is 0 Å². The van der Waals surface area contributed by atoms with Crippen molar-refractivity contribution >= 4 is 33.8 Å². The molecule has 1 amide bonds. The maximum Gasteiger partial charge on any atom is 0.224 e. The lowest BCUT2D eigenvalue weighted by molar-refractivity contribution is -0.116. The van der Waals surface area contributed by atoms with E-state index < -0.39 is 0 Å². The van der Waals surface area contributed by atoms with E-state index in [0.29, 0.717) is 13.0 Å². The number of carbonyl (C=O) groups excluding carboxylic acids is 1. The van der Waals surface area contributed by atoms with Crippen LogP contribution in [0.5, 0.6) is 5.75 Å². The molecule has 0 aliphatic rings. The highest BCUT2D eigenvalue weighted by atomic mass is 32.1. The third kappa shape index (κ3) is 5.31. The average Bonchev–Trinajstić information content (AvgIpc) is 3.13. The van der Waals surface area contributed by atoms with Gasteiger partial charge in [-0.3, -0.25) is 4.79 Å². The van der Waals surface area contributed by atoms with Crippen molar-refractivity contribution in [3.05, 3.63) is 53.9 Å². The highest BCUT2D eigenvalue weighted by molar-refractivity contribution is 7.14. The highest BCUT2D eigenvalue weighted by Gasteiger charge is 2.06. The van der Waals surface area contributed by atoms with Gasteiger partial charge >= 0.3 is 0 Å². The minimum absolute atomic E-state index is 0.0424. The number of rotatable bonds is 8. The lowest BCUT2D eigenvalue weighted by atomic mass is 10.1. The summed E-state index contributed by atoms with van der Waals surface area (Å²) in [5.74, 6) is 0.898. The van der Waals surface area contributed by atoms with E-state index in [1.54, 1.807) is 11.3 Å². The molecule has 0 radical (unpaired) electrons. The molecule has 0 unspecified atom stereocenters. The molecule has 27 heavy (non-hydrogen) atoms. The van der Waals surface area contributed by atoms with Crippen LogP contribution in [-0.4, -0.2) is 17.5 Å².